The maximum atomic E-state index is 13.3. The zero-order valence-corrected chi connectivity index (χ0v) is 20.5. The van der Waals surface area contributed by atoms with Gasteiger partial charge >= 0.3 is 25.7 Å². The van der Waals surface area contributed by atoms with Gasteiger partial charge in [0, 0.05) is 20.8 Å². The van der Waals surface area contributed by atoms with Crippen molar-refractivity contribution < 1.29 is 51.5 Å². The monoisotopic (exact) mass is 482 g/mol. The van der Waals surface area contributed by atoms with E-state index in [1.54, 1.807) is 6.92 Å². The summed E-state index contributed by atoms with van der Waals surface area (Å²) in [6.07, 6.45) is -3.28. The molecule has 1 aliphatic rings. The van der Waals surface area contributed by atoms with E-state index in [0.29, 0.717) is 12.8 Å². The molecule has 0 unspecified atom stereocenters. The van der Waals surface area contributed by atoms with E-state index in [-0.39, 0.29) is 13.2 Å². The van der Waals surface area contributed by atoms with Crippen LogP contribution in [0.1, 0.15) is 67.2 Å². The highest BCUT2D eigenvalue weighted by Crippen LogP contribution is 2.52. The minimum atomic E-state index is -4.13. The largest absolute Gasteiger partial charge is 0.477 e. The van der Waals surface area contributed by atoms with Gasteiger partial charge in [0.15, 0.2) is 18.3 Å². The molecule has 12 heteroatoms. The Hall–Kier alpha value is -1.52. The van der Waals surface area contributed by atoms with Crippen LogP contribution in [0.4, 0.5) is 0 Å². The van der Waals surface area contributed by atoms with Crippen LogP contribution in [0.3, 0.4) is 0 Å². The number of phosphoric ester groups is 1. The zero-order valence-electron chi connectivity index (χ0n) is 19.6. The van der Waals surface area contributed by atoms with E-state index in [1.165, 1.54) is 6.92 Å². The first-order valence-corrected chi connectivity index (χ1v) is 12.2. The molecule has 0 amide bonds. The van der Waals surface area contributed by atoms with Gasteiger partial charge in [-0.2, -0.15) is 0 Å². The maximum Gasteiger partial charge on any atom is 0.477 e. The third-order valence-electron chi connectivity index (χ3n) is 4.36. The molecule has 0 radical (unpaired) electrons. The van der Waals surface area contributed by atoms with E-state index >= 15 is 0 Å². The molecule has 0 aromatic heterocycles. The highest BCUT2D eigenvalue weighted by molar-refractivity contribution is 7.48. The van der Waals surface area contributed by atoms with Gasteiger partial charge in [-0.3, -0.25) is 28.0 Å². The summed E-state index contributed by atoms with van der Waals surface area (Å²) >= 11 is 0. The Morgan fingerprint density at radius 2 is 1.22 bits per heavy atom. The normalized spacial score (nSPS) is 25.8. The van der Waals surface area contributed by atoms with E-state index in [4.69, 9.17) is 32.5 Å². The van der Waals surface area contributed by atoms with Gasteiger partial charge in [-0.25, -0.2) is 4.57 Å². The zero-order chi connectivity index (χ0) is 24.3. The summed E-state index contributed by atoms with van der Waals surface area (Å²) in [7, 11) is -4.13. The fourth-order valence-corrected chi connectivity index (χ4v) is 4.25. The van der Waals surface area contributed by atoms with Gasteiger partial charge in [-0.05, 0) is 19.8 Å². The fourth-order valence-electron chi connectivity index (χ4n) is 2.92. The first-order valence-electron chi connectivity index (χ1n) is 10.8. The highest BCUT2D eigenvalue weighted by atomic mass is 31.2. The third kappa shape index (κ3) is 9.54. The van der Waals surface area contributed by atoms with Crippen LogP contribution in [-0.4, -0.2) is 61.8 Å². The maximum absolute atomic E-state index is 13.3. The molecule has 0 bridgehead atoms. The van der Waals surface area contributed by atoms with Crippen molar-refractivity contribution in [3.8, 4) is 0 Å². The Labute approximate surface area is 188 Å². The second-order valence-electron chi connectivity index (χ2n) is 7.36. The average Bonchev–Trinajstić information content (AvgIpc) is 2.67. The van der Waals surface area contributed by atoms with Crippen LogP contribution in [0.15, 0.2) is 0 Å². The second-order valence-corrected chi connectivity index (χ2v) is 8.98. The average molecular weight is 482 g/mol. The lowest BCUT2D eigenvalue weighted by Gasteiger charge is -2.43. The lowest BCUT2D eigenvalue weighted by atomic mass is 9.99. The lowest BCUT2D eigenvalue weighted by molar-refractivity contribution is -0.283. The van der Waals surface area contributed by atoms with Gasteiger partial charge in [0.25, 0.3) is 0 Å². The molecule has 0 aromatic rings. The lowest BCUT2D eigenvalue weighted by Crippen LogP contribution is -2.61. The van der Waals surface area contributed by atoms with Gasteiger partial charge in [0.2, 0.25) is 6.29 Å². The van der Waals surface area contributed by atoms with Crippen LogP contribution in [0.5, 0.6) is 0 Å². The molecule has 186 valence electrons. The molecule has 1 fully saturated rings. The number of hydrogen-bond acceptors (Lipinski definition) is 11. The Balaban J connectivity index is 3.22. The SMILES string of the molecule is CCCCOP(=O)(OCCCC)O[C@@H]1O[C@@H](C)[C@H](OC(C)=O)[C@@H](OC(C)=O)[C@H]1OC(C)=O. The Morgan fingerprint density at radius 3 is 1.66 bits per heavy atom. The van der Waals surface area contributed by atoms with Crippen molar-refractivity contribution in [2.45, 2.75) is 97.9 Å². The number of rotatable bonds is 13. The predicted molar refractivity (Wildman–Crippen MR) is 111 cm³/mol. The first kappa shape index (κ1) is 28.5. The quantitative estimate of drug-likeness (QED) is 0.166. The minimum absolute atomic E-state index is 0.115. The molecule has 1 aliphatic heterocycles. The standard InChI is InChI=1S/C20H35O11P/c1-7-9-11-25-32(24,26-12-10-8-2)31-20-19(30-16(6)23)18(29-15(5)22)17(13(3)27-20)28-14(4)21/h13,17-20H,7-12H2,1-6H3/t13-,17-,18+,19+,20-/m0/s1. The molecule has 1 heterocycles. The van der Waals surface area contributed by atoms with Gasteiger partial charge in [-0.1, -0.05) is 26.7 Å². The molecule has 5 atom stereocenters. The molecule has 0 aliphatic carbocycles. The van der Waals surface area contributed by atoms with Crippen LogP contribution in [0.25, 0.3) is 0 Å². The van der Waals surface area contributed by atoms with Crippen LogP contribution in [-0.2, 0) is 51.5 Å². The molecular weight excluding hydrogens is 447 g/mol. The Morgan fingerprint density at radius 1 is 0.781 bits per heavy atom. The Kier molecular flexibility index (Phi) is 12.4. The van der Waals surface area contributed by atoms with E-state index in [1.807, 2.05) is 13.8 Å². The number of carbonyl (C=O) groups excluding carboxylic acids is 3. The smallest absolute Gasteiger partial charge is 0.456 e. The molecule has 11 nitrogen and oxygen atoms in total. The summed E-state index contributed by atoms with van der Waals surface area (Å²) in [6, 6.07) is 0. The summed E-state index contributed by atoms with van der Waals surface area (Å²) in [5.41, 5.74) is 0. The summed E-state index contributed by atoms with van der Waals surface area (Å²) in [4.78, 5) is 35.1. The second kappa shape index (κ2) is 13.9. The predicted octanol–water partition coefficient (Wildman–Crippen LogP) is 3.28. The van der Waals surface area contributed by atoms with Crippen molar-refractivity contribution in [1.29, 1.82) is 0 Å². The number of esters is 3. The molecule has 0 saturated carbocycles. The summed E-state index contributed by atoms with van der Waals surface area (Å²) in [6.45, 7) is 9.12. The van der Waals surface area contributed by atoms with E-state index in [0.717, 1.165) is 26.7 Å². The minimum Gasteiger partial charge on any atom is -0.456 e. The van der Waals surface area contributed by atoms with Crippen molar-refractivity contribution in [1.82, 2.24) is 0 Å². The molecule has 1 saturated heterocycles. The van der Waals surface area contributed by atoms with Gasteiger partial charge in [-0.15, -0.1) is 0 Å². The summed E-state index contributed by atoms with van der Waals surface area (Å²) in [5.74, 6) is -2.10. The van der Waals surface area contributed by atoms with Crippen molar-refractivity contribution in [2.75, 3.05) is 13.2 Å². The number of phosphoric acid groups is 1. The van der Waals surface area contributed by atoms with Gasteiger partial charge < -0.3 is 18.9 Å². The number of ether oxygens (including phenoxy) is 4. The van der Waals surface area contributed by atoms with E-state index < -0.39 is 56.4 Å². The van der Waals surface area contributed by atoms with Crippen molar-refractivity contribution >= 4 is 25.7 Å². The van der Waals surface area contributed by atoms with Crippen molar-refractivity contribution in [2.24, 2.45) is 0 Å². The number of carbonyl (C=O) groups is 3. The highest BCUT2D eigenvalue weighted by Gasteiger charge is 2.53. The molecule has 32 heavy (non-hydrogen) atoms. The summed E-state index contributed by atoms with van der Waals surface area (Å²) in [5, 5.41) is 0. The van der Waals surface area contributed by atoms with Gasteiger partial charge in [0.1, 0.15) is 0 Å². The number of hydrogen-bond donors (Lipinski definition) is 0. The molecular formula is C20H35O11P. The third-order valence-corrected chi connectivity index (χ3v) is 5.82. The summed E-state index contributed by atoms with van der Waals surface area (Å²) < 4.78 is 51.3. The molecule has 1 rings (SSSR count). The molecule has 0 N–H and O–H groups in total. The van der Waals surface area contributed by atoms with Crippen LogP contribution >= 0.6 is 7.82 Å². The molecule has 0 spiro atoms. The van der Waals surface area contributed by atoms with Crippen LogP contribution in [0, 0.1) is 0 Å². The topological polar surface area (TPSA) is 133 Å². The van der Waals surface area contributed by atoms with E-state index in [9.17, 15) is 18.9 Å². The van der Waals surface area contributed by atoms with E-state index in [2.05, 4.69) is 0 Å². The first-order chi connectivity index (χ1) is 15.0. The van der Waals surface area contributed by atoms with Crippen LogP contribution < -0.4 is 0 Å². The Bertz CT molecular complexity index is 654. The van der Waals surface area contributed by atoms with Gasteiger partial charge in [0.05, 0.1) is 19.3 Å². The number of unbranched alkanes of at least 4 members (excludes halogenated alkanes) is 2. The van der Waals surface area contributed by atoms with Crippen molar-refractivity contribution in [3.63, 3.8) is 0 Å². The van der Waals surface area contributed by atoms with Crippen molar-refractivity contribution in [3.05, 3.63) is 0 Å². The molecule has 0 aromatic carbocycles. The van der Waals surface area contributed by atoms with Crippen LogP contribution in [0.2, 0.25) is 0 Å². The fraction of sp³-hybridized carbons (Fsp3) is 0.850.